The molecular weight excluding hydrogens is 372 g/mol. The van der Waals surface area contributed by atoms with Gasteiger partial charge in [0, 0.05) is 0 Å². The molecule has 0 radical (unpaired) electrons. The molecule has 27 heavy (non-hydrogen) atoms. The Morgan fingerprint density at radius 1 is 0.778 bits per heavy atom. The van der Waals surface area contributed by atoms with Crippen LogP contribution >= 0.6 is 0 Å². The molecule has 10 fully saturated rings. The van der Waals surface area contributed by atoms with Gasteiger partial charge in [-0.1, -0.05) is 0 Å². The van der Waals surface area contributed by atoms with Gasteiger partial charge in [0.05, 0.1) is 0 Å². The second-order valence-corrected chi connectivity index (χ2v) is 36.8. The summed E-state index contributed by atoms with van der Waals surface area (Å²) < 4.78 is 0.770. The molecule has 2 heteroatoms. The molecule has 10 saturated heterocycles. The molecule has 0 aromatic heterocycles. The van der Waals surface area contributed by atoms with E-state index in [4.69, 9.17) is 0 Å². The number of fused-ring (bicyclic) bond motifs is 10. The van der Waals surface area contributed by atoms with Crippen LogP contribution in [0.3, 0.4) is 0 Å². The number of carbonyl (C=O) groups is 1. The number of benzene rings is 2. The summed E-state index contributed by atoms with van der Waals surface area (Å²) >= 11 is 0. The molecule has 2 aromatic rings. The average Bonchev–Trinajstić information content (AvgIpc) is 3.66. The Balaban J connectivity index is 1.13. The molecule has 4 unspecified atom stereocenters. The Morgan fingerprint density at radius 2 is 1.41 bits per heavy atom. The first kappa shape index (κ1) is 11.3. The van der Waals surface area contributed by atoms with Crippen molar-refractivity contribution >= 4 is 6.29 Å². The second kappa shape index (κ2) is 1.32. The maximum atomic E-state index is 10.9. The van der Waals surface area contributed by atoms with Crippen molar-refractivity contribution in [3.63, 3.8) is 0 Å². The van der Waals surface area contributed by atoms with Crippen molar-refractivity contribution in [2.75, 3.05) is 0 Å². The molecule has 0 bridgehead atoms. The van der Waals surface area contributed by atoms with E-state index in [1.807, 2.05) is 24.3 Å². The number of hydrogen-bond donors (Lipinski definition) is 0. The van der Waals surface area contributed by atoms with Gasteiger partial charge >= 0.3 is 148 Å². The fourth-order valence-corrected chi connectivity index (χ4v) is 92.8. The molecule has 2 aromatic carbocycles. The van der Waals surface area contributed by atoms with Crippen LogP contribution in [-0.2, 0) is 10.8 Å². The first-order valence-corrected chi connectivity index (χ1v) is 16.7. The fourth-order valence-electron chi connectivity index (χ4n) is 18.6. The molecule has 0 amide bonds. The van der Waals surface area contributed by atoms with E-state index < -0.39 is 6.51 Å². The van der Waals surface area contributed by atoms with E-state index in [0.717, 1.165) is 21.7 Å². The quantitative estimate of drug-likeness (QED) is 0.366. The Hall–Kier alpha value is -1.81. The molecule has 1 spiro atoms. The summed E-state index contributed by atoms with van der Waals surface area (Å²) in [5.74, 6) is 6.99. The van der Waals surface area contributed by atoms with Crippen molar-refractivity contribution in [3.05, 3.63) is 70.8 Å². The molecule has 12 rings (SSSR count). The van der Waals surface area contributed by atoms with Crippen LogP contribution in [0.5, 0.6) is 0 Å². The predicted molar refractivity (Wildman–Crippen MR) is 99.7 cm³/mol. The van der Waals surface area contributed by atoms with Gasteiger partial charge in [-0.25, -0.2) is 0 Å². The van der Waals surface area contributed by atoms with E-state index in [9.17, 15) is 4.79 Å². The van der Waals surface area contributed by atoms with Crippen molar-refractivity contribution in [3.8, 4) is 11.8 Å². The molecule has 4 atom stereocenters. The first-order valence-electron chi connectivity index (χ1n) is 10.4. The zero-order chi connectivity index (χ0) is 17.1. The molecule has 10 aliphatic heterocycles. The standard InChI is InChI=1S/C20H13O.C5H5.Fe/c21-15-17-11-9-16(10-12-17)13-14-19-7-3-4-8-20(19)18-5-1-2-6-18;1-2-4-5-3-1;/h1-12,15H;1-5H;. The van der Waals surface area contributed by atoms with Crippen LogP contribution in [-0.4, -0.2) is 6.29 Å². The molecule has 10 heterocycles. The first-order chi connectivity index (χ1) is 13.0. The van der Waals surface area contributed by atoms with E-state index in [2.05, 4.69) is 36.1 Å². The van der Waals surface area contributed by atoms with Crippen LogP contribution in [0.2, 0.25) is 43.3 Å². The number of hydrogen-bond acceptors (Lipinski definition) is 1. The van der Waals surface area contributed by atoms with Crippen molar-refractivity contribution in [2.24, 2.45) is 0 Å². The van der Waals surface area contributed by atoms with Crippen molar-refractivity contribution in [2.45, 2.75) is 47.7 Å². The van der Waals surface area contributed by atoms with Crippen LogP contribution in [0.1, 0.15) is 27.0 Å². The molecule has 0 N–H and O–H groups in total. The third-order valence-electron chi connectivity index (χ3n) is 17.4. The summed E-state index contributed by atoms with van der Waals surface area (Å²) in [6.07, 6.45) is 0.897. The maximum absolute atomic E-state index is 10.9. The Labute approximate surface area is 147 Å². The minimum atomic E-state index is -3.14. The van der Waals surface area contributed by atoms with E-state index in [0.29, 0.717) is 0 Å². The monoisotopic (exact) mass is 390 g/mol. The topological polar surface area (TPSA) is 17.1 Å². The van der Waals surface area contributed by atoms with Gasteiger partial charge in [-0.05, 0) is 0 Å². The van der Waals surface area contributed by atoms with Crippen LogP contribution < -0.4 is 0 Å². The van der Waals surface area contributed by atoms with Crippen LogP contribution in [0.4, 0.5) is 0 Å². The molecule has 0 aliphatic carbocycles. The van der Waals surface area contributed by atoms with Gasteiger partial charge in [-0.15, -0.1) is 0 Å². The van der Waals surface area contributed by atoms with Crippen molar-refractivity contribution < 1.29 is 11.3 Å². The van der Waals surface area contributed by atoms with Gasteiger partial charge in [-0.3, -0.25) is 0 Å². The van der Waals surface area contributed by atoms with Crippen LogP contribution in [0.15, 0.2) is 48.5 Å². The zero-order valence-corrected chi connectivity index (χ0v) is 15.8. The Kier molecular flexibility index (Phi) is 0.551. The van der Waals surface area contributed by atoms with Gasteiger partial charge < -0.3 is 0 Å². The summed E-state index contributed by atoms with van der Waals surface area (Å²) in [6.45, 7) is -3.14. The minimum absolute atomic E-state index is 0.722. The van der Waals surface area contributed by atoms with Crippen molar-refractivity contribution in [1.29, 1.82) is 0 Å². The summed E-state index contributed by atoms with van der Waals surface area (Å²) in [7, 11) is 0. The molecular formula is C25H18FeO. The molecule has 1 nitrogen and oxygen atoms in total. The Morgan fingerprint density at radius 3 is 1.93 bits per heavy atom. The third-order valence-corrected chi connectivity index (χ3v) is 59.7. The Bertz CT molecular complexity index is 1600. The predicted octanol–water partition coefficient (Wildman–Crippen LogP) is 5.69. The number of aldehydes is 1. The normalized spacial score (nSPS) is 78.4. The number of rotatable bonds is 2. The second-order valence-electron chi connectivity index (χ2n) is 13.2. The number of carbonyl (C=O) groups excluding carboxylic acids is 1. The summed E-state index contributed by atoms with van der Waals surface area (Å²) in [5.41, 5.74) is 4.80. The van der Waals surface area contributed by atoms with Gasteiger partial charge in [0.1, 0.15) is 0 Å². The van der Waals surface area contributed by atoms with Gasteiger partial charge in [0.15, 0.2) is 0 Å². The van der Waals surface area contributed by atoms with Gasteiger partial charge in [-0.2, -0.15) is 0 Å². The van der Waals surface area contributed by atoms with Crippen LogP contribution in [0.25, 0.3) is 0 Å². The molecule has 132 valence electrons. The van der Waals surface area contributed by atoms with E-state index in [1.165, 1.54) is 48.9 Å². The van der Waals surface area contributed by atoms with E-state index in [-0.39, 0.29) is 0 Å². The van der Waals surface area contributed by atoms with E-state index >= 15 is 0 Å². The fraction of sp³-hybridized carbons (Fsp3) is 0.400. The summed E-state index contributed by atoms with van der Waals surface area (Å²) in [4.78, 5) is 22.9. The van der Waals surface area contributed by atoms with E-state index in [1.54, 1.807) is 5.56 Å². The summed E-state index contributed by atoms with van der Waals surface area (Å²) in [5, 5.41) is 0. The third kappa shape index (κ3) is 0.198. The van der Waals surface area contributed by atoms with Gasteiger partial charge in [0.25, 0.3) is 0 Å². The SMILES string of the molecule is O=Cc1ccc(C#Cc2ccccc2[C]23[CH]4[CH]5[CH]6[CH]2[Fe]56432789[CH]3[CH]2[CH]7[CH]8[CH]39)cc1. The molecule has 0 saturated carbocycles. The molecule has 10 aliphatic rings. The van der Waals surface area contributed by atoms with Gasteiger partial charge in [0.2, 0.25) is 0 Å². The average molecular weight is 390 g/mol. The van der Waals surface area contributed by atoms with Crippen molar-refractivity contribution in [1.82, 2.24) is 0 Å². The summed E-state index contributed by atoms with van der Waals surface area (Å²) in [6, 6.07) is 17.0. The van der Waals surface area contributed by atoms with Crippen LogP contribution in [0, 0.1) is 11.8 Å². The zero-order valence-electron chi connectivity index (χ0n) is 14.7.